The summed E-state index contributed by atoms with van der Waals surface area (Å²) in [6, 6.07) is 5.13. The largest absolute Gasteiger partial charge is 0.489 e. The van der Waals surface area contributed by atoms with Crippen molar-refractivity contribution in [1.82, 2.24) is 10.2 Å². The van der Waals surface area contributed by atoms with Crippen molar-refractivity contribution in [1.29, 1.82) is 0 Å². The summed E-state index contributed by atoms with van der Waals surface area (Å²) in [5.41, 5.74) is 0.810. The van der Waals surface area contributed by atoms with Gasteiger partial charge in [0.2, 0.25) is 0 Å². The molecule has 0 aromatic heterocycles. The first-order valence-corrected chi connectivity index (χ1v) is 9.74. The number of hydrogen-bond donors (Lipinski definition) is 2. The third kappa shape index (κ3) is 6.78. The minimum atomic E-state index is -0.192. The van der Waals surface area contributed by atoms with Crippen LogP contribution in [-0.4, -0.2) is 54.8 Å². The number of ether oxygens (including phenoxy) is 1. The van der Waals surface area contributed by atoms with E-state index in [9.17, 15) is 4.79 Å². The van der Waals surface area contributed by atoms with E-state index in [0.29, 0.717) is 34.7 Å². The van der Waals surface area contributed by atoms with Crippen molar-refractivity contribution in [2.45, 2.75) is 46.1 Å². The Kier molecular flexibility index (Phi) is 7.74. The summed E-state index contributed by atoms with van der Waals surface area (Å²) in [6.45, 7) is 10.4. The second kappa shape index (κ2) is 9.58. The van der Waals surface area contributed by atoms with E-state index < -0.39 is 0 Å². The molecule has 1 amide bonds. The molecule has 1 heterocycles. The van der Waals surface area contributed by atoms with Gasteiger partial charge in [0.05, 0.1) is 5.02 Å². The fourth-order valence-corrected chi connectivity index (χ4v) is 3.38. The summed E-state index contributed by atoms with van der Waals surface area (Å²) in [5.74, 6) is 0.440. The van der Waals surface area contributed by atoms with E-state index in [0.717, 1.165) is 32.5 Å². The maximum Gasteiger partial charge on any atom is 0.251 e. The van der Waals surface area contributed by atoms with Crippen molar-refractivity contribution in [3.05, 3.63) is 28.8 Å². The number of nitrogens with zero attached hydrogens (tertiary/aromatic N) is 1. The van der Waals surface area contributed by atoms with E-state index in [1.807, 2.05) is 0 Å². The number of nitrogens with one attached hydrogen (secondary N) is 1. The number of carbonyl (C=O) groups excluding carboxylic acids is 1. The zero-order valence-electron chi connectivity index (χ0n) is 16.1. The number of likely N-dealkylation sites (tertiary alicyclic amines) is 1. The molecular weight excluding hydrogens is 352 g/mol. The van der Waals surface area contributed by atoms with E-state index in [2.05, 4.69) is 31.0 Å². The summed E-state index contributed by atoms with van der Waals surface area (Å²) in [5, 5.41) is 12.0. The molecule has 1 aromatic carbocycles. The summed E-state index contributed by atoms with van der Waals surface area (Å²) in [4.78, 5) is 14.5. The van der Waals surface area contributed by atoms with Crippen LogP contribution in [0, 0.1) is 5.41 Å². The number of aliphatic hydroxyl groups excluding tert-OH is 1. The maximum absolute atomic E-state index is 12.0. The average Bonchev–Trinajstić information content (AvgIpc) is 2.57. The molecule has 0 spiro atoms. The average molecular weight is 383 g/mol. The standard InChI is InChI=1S/C20H31ClN2O3/c1-20(2,3)14-23-10-7-16(8-11-23)26-18-6-5-15(13-17(18)21)19(25)22-9-4-12-24/h5-6,13,16,24H,4,7-12,14H2,1-3H3,(H,22,25). The number of amides is 1. The molecule has 2 rings (SSSR count). The van der Waals surface area contributed by atoms with Gasteiger partial charge >= 0.3 is 0 Å². The molecule has 1 aliphatic rings. The van der Waals surface area contributed by atoms with E-state index in [4.69, 9.17) is 21.4 Å². The van der Waals surface area contributed by atoms with Crippen molar-refractivity contribution in [2.75, 3.05) is 32.8 Å². The van der Waals surface area contributed by atoms with Gasteiger partial charge in [-0.1, -0.05) is 32.4 Å². The third-order valence-corrected chi connectivity index (χ3v) is 4.64. The summed E-state index contributed by atoms with van der Waals surface area (Å²) in [6.07, 6.45) is 2.66. The number of rotatable bonds is 7. The van der Waals surface area contributed by atoms with E-state index in [-0.39, 0.29) is 18.6 Å². The van der Waals surface area contributed by atoms with Crippen LogP contribution in [0.15, 0.2) is 18.2 Å². The van der Waals surface area contributed by atoms with Gasteiger partial charge in [0.25, 0.3) is 5.91 Å². The van der Waals surface area contributed by atoms with Gasteiger partial charge in [-0.25, -0.2) is 0 Å². The fourth-order valence-electron chi connectivity index (χ4n) is 3.16. The lowest BCUT2D eigenvalue weighted by molar-refractivity contribution is 0.0811. The quantitative estimate of drug-likeness (QED) is 0.710. The predicted octanol–water partition coefficient (Wildman–Crippen LogP) is 3.34. The van der Waals surface area contributed by atoms with Gasteiger partial charge in [0.15, 0.2) is 0 Å². The molecule has 0 aliphatic carbocycles. The van der Waals surface area contributed by atoms with Crippen molar-refractivity contribution >= 4 is 17.5 Å². The lowest BCUT2D eigenvalue weighted by Gasteiger charge is -2.36. The van der Waals surface area contributed by atoms with Crippen LogP contribution in [0.5, 0.6) is 5.75 Å². The molecule has 0 radical (unpaired) electrons. The Morgan fingerprint density at radius 3 is 2.62 bits per heavy atom. The lowest BCUT2D eigenvalue weighted by Crippen LogP contribution is -2.42. The van der Waals surface area contributed by atoms with Gasteiger partial charge < -0.3 is 20.1 Å². The molecule has 26 heavy (non-hydrogen) atoms. The topological polar surface area (TPSA) is 61.8 Å². The second-order valence-corrected chi connectivity index (χ2v) is 8.54. The summed E-state index contributed by atoms with van der Waals surface area (Å²) < 4.78 is 6.07. The van der Waals surface area contributed by atoms with Gasteiger partial charge in [0, 0.05) is 38.3 Å². The molecule has 0 unspecified atom stereocenters. The summed E-state index contributed by atoms with van der Waals surface area (Å²) in [7, 11) is 0. The Labute approximate surface area is 161 Å². The van der Waals surface area contributed by atoms with Crippen LogP contribution in [0.3, 0.4) is 0 Å². The SMILES string of the molecule is CC(C)(C)CN1CCC(Oc2ccc(C(=O)NCCCO)cc2Cl)CC1. The molecule has 2 N–H and O–H groups in total. The van der Waals surface area contributed by atoms with Crippen LogP contribution in [0.1, 0.15) is 50.4 Å². The minimum Gasteiger partial charge on any atom is -0.489 e. The minimum absolute atomic E-state index is 0.0579. The molecule has 5 nitrogen and oxygen atoms in total. The molecule has 1 aliphatic heterocycles. The smallest absolute Gasteiger partial charge is 0.251 e. The number of aliphatic hydroxyl groups is 1. The number of hydrogen-bond acceptors (Lipinski definition) is 4. The van der Waals surface area contributed by atoms with Crippen molar-refractivity contribution in [3.8, 4) is 5.75 Å². The fraction of sp³-hybridized carbons (Fsp3) is 0.650. The molecule has 1 saturated heterocycles. The Hall–Kier alpha value is -1.30. The van der Waals surface area contributed by atoms with Crippen LogP contribution in [0.2, 0.25) is 5.02 Å². The highest BCUT2D eigenvalue weighted by Crippen LogP contribution is 2.29. The van der Waals surface area contributed by atoms with E-state index in [1.54, 1.807) is 18.2 Å². The highest BCUT2D eigenvalue weighted by atomic mass is 35.5. The first-order valence-electron chi connectivity index (χ1n) is 9.36. The van der Waals surface area contributed by atoms with Crippen LogP contribution in [-0.2, 0) is 0 Å². The number of halogens is 1. The van der Waals surface area contributed by atoms with Crippen LogP contribution in [0.4, 0.5) is 0 Å². The van der Waals surface area contributed by atoms with Gasteiger partial charge in [-0.3, -0.25) is 4.79 Å². The van der Waals surface area contributed by atoms with Gasteiger partial charge in [-0.2, -0.15) is 0 Å². The Morgan fingerprint density at radius 2 is 2.04 bits per heavy atom. The second-order valence-electron chi connectivity index (χ2n) is 8.13. The Morgan fingerprint density at radius 1 is 1.35 bits per heavy atom. The monoisotopic (exact) mass is 382 g/mol. The third-order valence-electron chi connectivity index (χ3n) is 4.34. The van der Waals surface area contributed by atoms with Gasteiger partial charge in [-0.05, 0) is 42.9 Å². The first kappa shape index (κ1) is 21.0. The molecule has 1 fully saturated rings. The zero-order chi connectivity index (χ0) is 19.2. The highest BCUT2D eigenvalue weighted by molar-refractivity contribution is 6.32. The zero-order valence-corrected chi connectivity index (χ0v) is 16.8. The van der Waals surface area contributed by atoms with Gasteiger partial charge in [-0.15, -0.1) is 0 Å². The number of piperidine rings is 1. The summed E-state index contributed by atoms with van der Waals surface area (Å²) >= 11 is 6.31. The van der Waals surface area contributed by atoms with E-state index >= 15 is 0 Å². The van der Waals surface area contributed by atoms with E-state index in [1.165, 1.54) is 0 Å². The Bertz CT molecular complexity index is 593. The van der Waals surface area contributed by atoms with Crippen molar-refractivity contribution in [2.24, 2.45) is 5.41 Å². The number of carbonyl (C=O) groups is 1. The molecule has 0 atom stereocenters. The molecule has 6 heteroatoms. The molecular formula is C20H31ClN2O3. The molecule has 0 saturated carbocycles. The molecule has 1 aromatic rings. The van der Waals surface area contributed by atoms with Crippen LogP contribution < -0.4 is 10.1 Å². The lowest BCUT2D eigenvalue weighted by atomic mass is 9.94. The predicted molar refractivity (Wildman–Crippen MR) is 105 cm³/mol. The highest BCUT2D eigenvalue weighted by Gasteiger charge is 2.24. The van der Waals surface area contributed by atoms with Crippen molar-refractivity contribution < 1.29 is 14.6 Å². The Balaban J connectivity index is 1.86. The normalized spacial score (nSPS) is 16.5. The number of benzene rings is 1. The van der Waals surface area contributed by atoms with Crippen LogP contribution in [0.25, 0.3) is 0 Å². The first-order chi connectivity index (χ1) is 12.3. The van der Waals surface area contributed by atoms with Crippen LogP contribution >= 0.6 is 11.6 Å². The maximum atomic E-state index is 12.0. The van der Waals surface area contributed by atoms with Crippen molar-refractivity contribution in [3.63, 3.8) is 0 Å². The molecule has 146 valence electrons. The van der Waals surface area contributed by atoms with Gasteiger partial charge in [0.1, 0.15) is 11.9 Å². The molecule has 0 bridgehead atoms.